The van der Waals surface area contributed by atoms with Gasteiger partial charge in [-0.3, -0.25) is 4.79 Å². The van der Waals surface area contributed by atoms with Crippen LogP contribution in [0.15, 0.2) is 11.2 Å². The summed E-state index contributed by atoms with van der Waals surface area (Å²) in [4.78, 5) is 17.0. The van der Waals surface area contributed by atoms with Gasteiger partial charge in [-0.15, -0.1) is 11.6 Å². The van der Waals surface area contributed by atoms with Crippen molar-refractivity contribution >= 4 is 23.2 Å². The first kappa shape index (κ1) is 13.9. The molecule has 5 nitrogen and oxygen atoms in total. The molecule has 2 N–H and O–H groups in total. The molecule has 0 bridgehead atoms. The summed E-state index contributed by atoms with van der Waals surface area (Å²) in [5, 5.41) is 12.4. The number of hydrogen-bond acceptors (Lipinski definition) is 3. The Morgan fingerprint density at radius 3 is 3.00 bits per heavy atom. The number of fused-ring (bicyclic) bond motifs is 1. The number of hydrogen-bond donors (Lipinski definition) is 2. The first-order chi connectivity index (χ1) is 9.17. The summed E-state index contributed by atoms with van der Waals surface area (Å²) in [7, 11) is 1.76. The maximum atomic E-state index is 12.2. The van der Waals surface area contributed by atoms with Crippen molar-refractivity contribution in [1.82, 2.24) is 9.88 Å². The smallest absolute Gasteiger partial charge is 0.255 e. The van der Waals surface area contributed by atoms with Crippen LogP contribution < -0.4 is 0 Å². The molecule has 1 aromatic heterocycles. The summed E-state index contributed by atoms with van der Waals surface area (Å²) in [5.41, 5.74) is 2.77. The Morgan fingerprint density at radius 1 is 1.53 bits per heavy atom. The summed E-state index contributed by atoms with van der Waals surface area (Å²) in [6, 6.07) is 1.86. The summed E-state index contributed by atoms with van der Waals surface area (Å²) in [6.07, 6.45) is 3.31. The Kier molecular flexibility index (Phi) is 4.47. The van der Waals surface area contributed by atoms with Crippen LogP contribution in [0.2, 0.25) is 0 Å². The zero-order chi connectivity index (χ0) is 13.8. The Bertz CT molecular complexity index is 496. The van der Waals surface area contributed by atoms with Gasteiger partial charge in [-0.05, 0) is 25.3 Å². The van der Waals surface area contributed by atoms with Crippen molar-refractivity contribution in [3.05, 3.63) is 23.0 Å². The molecular weight excluding hydrogens is 266 g/mol. The maximum Gasteiger partial charge on any atom is 0.255 e. The molecule has 0 atom stereocenters. The van der Waals surface area contributed by atoms with Crippen LogP contribution in [0.4, 0.5) is 0 Å². The third-order valence-corrected chi connectivity index (χ3v) is 3.64. The number of alkyl halides is 1. The fraction of sp³-hybridized carbons (Fsp3) is 0.538. The van der Waals surface area contributed by atoms with Gasteiger partial charge in [0.15, 0.2) is 0 Å². The van der Waals surface area contributed by atoms with Crippen LogP contribution in [0.25, 0.3) is 0 Å². The molecule has 0 unspecified atom stereocenters. The summed E-state index contributed by atoms with van der Waals surface area (Å²) >= 11 is 5.66. The zero-order valence-corrected chi connectivity index (χ0v) is 11.7. The number of oxime groups is 1. The van der Waals surface area contributed by atoms with Crippen LogP contribution in [0, 0.1) is 0 Å². The predicted octanol–water partition coefficient (Wildman–Crippen LogP) is 2.23. The molecule has 6 heteroatoms. The van der Waals surface area contributed by atoms with Gasteiger partial charge in [0.1, 0.15) is 5.71 Å². The number of aryl methyl sites for hydroxylation is 1. The van der Waals surface area contributed by atoms with Crippen molar-refractivity contribution < 1.29 is 10.0 Å². The van der Waals surface area contributed by atoms with Gasteiger partial charge < -0.3 is 15.1 Å². The Balaban J connectivity index is 2.28. The van der Waals surface area contributed by atoms with Crippen LogP contribution in [-0.2, 0) is 6.42 Å². The SMILES string of the molecule is CN1CC/C(=N/O)c2[nH]c(CCCCCl)cc2C1=O. The van der Waals surface area contributed by atoms with Gasteiger partial charge in [0.05, 0.1) is 11.3 Å². The fourth-order valence-corrected chi connectivity index (χ4v) is 2.45. The van der Waals surface area contributed by atoms with E-state index in [1.165, 1.54) is 0 Å². The van der Waals surface area contributed by atoms with Crippen molar-refractivity contribution in [1.29, 1.82) is 0 Å². The highest BCUT2D eigenvalue weighted by Gasteiger charge is 2.26. The molecule has 0 aliphatic carbocycles. The van der Waals surface area contributed by atoms with Gasteiger partial charge in [0.2, 0.25) is 0 Å². The van der Waals surface area contributed by atoms with E-state index in [4.69, 9.17) is 16.8 Å². The molecule has 0 radical (unpaired) electrons. The first-order valence-electron chi connectivity index (χ1n) is 6.42. The van der Waals surface area contributed by atoms with Crippen molar-refractivity contribution in [3.8, 4) is 0 Å². The van der Waals surface area contributed by atoms with Crippen molar-refractivity contribution in [3.63, 3.8) is 0 Å². The minimum Gasteiger partial charge on any atom is -0.411 e. The molecule has 104 valence electrons. The second-order valence-electron chi connectivity index (χ2n) is 4.75. The van der Waals surface area contributed by atoms with E-state index in [2.05, 4.69) is 10.1 Å². The van der Waals surface area contributed by atoms with E-state index in [9.17, 15) is 4.79 Å². The minimum absolute atomic E-state index is 0.0338. The second-order valence-corrected chi connectivity index (χ2v) is 5.13. The van der Waals surface area contributed by atoms with E-state index in [1.54, 1.807) is 11.9 Å². The lowest BCUT2D eigenvalue weighted by Gasteiger charge is -2.12. The molecule has 2 rings (SSSR count). The Hall–Kier alpha value is -1.49. The van der Waals surface area contributed by atoms with Crippen LogP contribution in [0.3, 0.4) is 0 Å². The molecular formula is C13H18ClN3O2. The van der Waals surface area contributed by atoms with E-state index in [0.29, 0.717) is 35.8 Å². The van der Waals surface area contributed by atoms with Gasteiger partial charge in [0.25, 0.3) is 5.91 Å². The molecule has 19 heavy (non-hydrogen) atoms. The van der Waals surface area contributed by atoms with Crippen LogP contribution in [0.1, 0.15) is 41.0 Å². The Labute approximate surface area is 117 Å². The fourth-order valence-electron chi connectivity index (χ4n) is 2.26. The first-order valence-corrected chi connectivity index (χ1v) is 6.95. The van der Waals surface area contributed by atoms with Gasteiger partial charge in [-0.2, -0.15) is 0 Å². The third kappa shape index (κ3) is 2.92. The number of carbonyl (C=O) groups is 1. The topological polar surface area (TPSA) is 68.7 Å². The highest BCUT2D eigenvalue weighted by molar-refractivity contribution is 6.17. The Morgan fingerprint density at radius 2 is 2.32 bits per heavy atom. The number of nitrogens with one attached hydrogen (secondary N) is 1. The molecule has 0 aromatic carbocycles. The van der Waals surface area contributed by atoms with E-state index in [0.717, 1.165) is 25.0 Å². The second kappa shape index (κ2) is 6.10. The maximum absolute atomic E-state index is 12.2. The monoisotopic (exact) mass is 283 g/mol. The molecule has 0 saturated carbocycles. The molecule has 0 saturated heterocycles. The number of amides is 1. The standard InChI is InChI=1S/C13H18ClN3O2/c1-17-7-5-11(16-19)12-10(13(17)18)8-9(15-12)4-2-3-6-14/h8,15,19H,2-7H2,1H3/b16-11-. The summed E-state index contributed by atoms with van der Waals surface area (Å²) < 4.78 is 0. The highest BCUT2D eigenvalue weighted by Crippen LogP contribution is 2.20. The van der Waals surface area contributed by atoms with Crippen molar-refractivity contribution in [2.75, 3.05) is 19.5 Å². The number of aromatic nitrogens is 1. The van der Waals surface area contributed by atoms with Gasteiger partial charge >= 0.3 is 0 Å². The largest absolute Gasteiger partial charge is 0.411 e. The molecule has 1 amide bonds. The lowest BCUT2D eigenvalue weighted by molar-refractivity contribution is 0.0802. The van der Waals surface area contributed by atoms with E-state index in [1.807, 2.05) is 6.07 Å². The average Bonchev–Trinajstić information content (AvgIpc) is 2.78. The molecule has 1 aromatic rings. The van der Waals surface area contributed by atoms with Gasteiger partial charge in [-0.25, -0.2) is 0 Å². The van der Waals surface area contributed by atoms with Gasteiger partial charge in [-0.1, -0.05) is 5.16 Å². The number of halogens is 1. The average molecular weight is 284 g/mol. The molecule has 0 fully saturated rings. The van der Waals surface area contributed by atoms with Crippen LogP contribution in [-0.4, -0.2) is 46.2 Å². The van der Waals surface area contributed by atoms with E-state index >= 15 is 0 Å². The molecule has 1 aliphatic rings. The van der Waals surface area contributed by atoms with Crippen LogP contribution in [0.5, 0.6) is 0 Å². The summed E-state index contributed by atoms with van der Waals surface area (Å²) in [6.45, 7) is 0.558. The number of nitrogens with zero attached hydrogens (tertiary/aromatic N) is 2. The van der Waals surface area contributed by atoms with E-state index in [-0.39, 0.29) is 5.91 Å². The van der Waals surface area contributed by atoms with Crippen molar-refractivity contribution in [2.45, 2.75) is 25.7 Å². The minimum atomic E-state index is -0.0338. The molecule has 0 spiro atoms. The molecule has 2 heterocycles. The number of carbonyl (C=O) groups excluding carboxylic acids is 1. The number of rotatable bonds is 4. The zero-order valence-electron chi connectivity index (χ0n) is 10.9. The highest BCUT2D eigenvalue weighted by atomic mass is 35.5. The van der Waals surface area contributed by atoms with Crippen molar-refractivity contribution in [2.24, 2.45) is 5.16 Å². The quantitative estimate of drug-likeness (QED) is 0.385. The number of H-pyrrole nitrogens is 1. The summed E-state index contributed by atoms with van der Waals surface area (Å²) in [5.74, 6) is 0.610. The molecule has 1 aliphatic heterocycles. The predicted molar refractivity (Wildman–Crippen MR) is 74.4 cm³/mol. The number of aromatic amines is 1. The van der Waals surface area contributed by atoms with E-state index < -0.39 is 0 Å². The number of unbranched alkanes of at least 4 members (excludes halogenated alkanes) is 1. The normalized spacial score (nSPS) is 17.7. The third-order valence-electron chi connectivity index (χ3n) is 3.37. The van der Waals surface area contributed by atoms with Crippen LogP contribution >= 0.6 is 11.6 Å². The lowest BCUT2D eigenvalue weighted by atomic mass is 10.1. The van der Waals surface area contributed by atoms with Gasteiger partial charge in [0, 0.05) is 31.6 Å². The lowest BCUT2D eigenvalue weighted by Crippen LogP contribution is -2.26.